The van der Waals surface area contributed by atoms with Crippen LogP contribution in [0.15, 0.2) is 47.4 Å². The first-order chi connectivity index (χ1) is 13.6. The number of ether oxygens (including phenoxy) is 3. The molecule has 0 aromatic heterocycles. The fourth-order valence-corrected chi connectivity index (χ4v) is 3.12. The first-order valence-electron chi connectivity index (χ1n) is 8.51. The van der Waals surface area contributed by atoms with Gasteiger partial charge in [0, 0.05) is 30.4 Å². The molecule has 0 fully saturated rings. The molecule has 2 rings (SSSR count). The number of hydrogen-bond acceptors (Lipinski definition) is 7. The lowest BCUT2D eigenvalue weighted by atomic mass is 10.1. The Hall–Kier alpha value is -2.78. The van der Waals surface area contributed by atoms with E-state index in [0.29, 0.717) is 18.9 Å². The predicted molar refractivity (Wildman–Crippen MR) is 107 cm³/mol. The quantitative estimate of drug-likeness (QED) is 0.265. The Kier molecular flexibility index (Phi) is 8.57. The second-order valence-electron chi connectivity index (χ2n) is 5.54. The summed E-state index contributed by atoms with van der Waals surface area (Å²) in [6.07, 6.45) is 0. The highest BCUT2D eigenvalue weighted by atomic mass is 32.2. The molecule has 0 spiro atoms. The summed E-state index contributed by atoms with van der Waals surface area (Å²) in [6.45, 7) is 0.883. The molecule has 8 nitrogen and oxygen atoms in total. The normalized spacial score (nSPS) is 10.4. The summed E-state index contributed by atoms with van der Waals surface area (Å²) >= 11 is 1.58. The summed E-state index contributed by atoms with van der Waals surface area (Å²) in [6, 6.07) is 12.3. The number of methoxy groups -OCH3 is 2. The van der Waals surface area contributed by atoms with Crippen molar-refractivity contribution in [2.24, 2.45) is 0 Å². The minimum Gasteiger partial charge on any atom is -0.493 e. The smallest absolute Gasteiger partial charge is 0.286 e. The maximum absolute atomic E-state index is 12.5. The topological polar surface area (TPSA) is 99.9 Å². The number of thioether (sulfide) groups is 1. The van der Waals surface area contributed by atoms with Gasteiger partial charge in [-0.3, -0.25) is 14.9 Å². The van der Waals surface area contributed by atoms with Crippen LogP contribution in [0.5, 0.6) is 11.5 Å². The molecule has 9 heteroatoms. The zero-order valence-corrected chi connectivity index (χ0v) is 16.5. The van der Waals surface area contributed by atoms with Gasteiger partial charge in [0.25, 0.3) is 11.6 Å². The number of hydrogen-bond donors (Lipinski definition) is 1. The molecular formula is C19H22N2O6S. The van der Waals surface area contributed by atoms with Crippen LogP contribution in [0.3, 0.4) is 0 Å². The number of carbonyl (C=O) groups excluding carboxylic acids is 1. The van der Waals surface area contributed by atoms with E-state index < -0.39 is 10.8 Å². The van der Waals surface area contributed by atoms with Gasteiger partial charge in [-0.05, 0) is 12.1 Å². The van der Waals surface area contributed by atoms with Crippen LogP contribution < -0.4 is 14.8 Å². The number of carbonyl (C=O) groups is 1. The van der Waals surface area contributed by atoms with E-state index in [1.54, 1.807) is 11.8 Å². The number of nitrogens with zero attached hydrogens (tertiary/aromatic N) is 1. The van der Waals surface area contributed by atoms with Gasteiger partial charge in [-0.2, -0.15) is 0 Å². The first kappa shape index (κ1) is 21.5. The minimum absolute atomic E-state index is 0.0781. The average Bonchev–Trinajstić information content (AvgIpc) is 2.71. The van der Waals surface area contributed by atoms with Crippen molar-refractivity contribution in [1.82, 2.24) is 5.32 Å². The van der Waals surface area contributed by atoms with Crippen molar-refractivity contribution in [3.8, 4) is 11.5 Å². The molecule has 1 N–H and O–H groups in total. The number of rotatable bonds is 11. The van der Waals surface area contributed by atoms with E-state index in [1.807, 2.05) is 30.3 Å². The number of amides is 1. The van der Waals surface area contributed by atoms with Gasteiger partial charge in [0.15, 0.2) is 11.5 Å². The lowest BCUT2D eigenvalue weighted by Gasteiger charge is -2.13. The van der Waals surface area contributed by atoms with E-state index in [4.69, 9.17) is 14.2 Å². The summed E-state index contributed by atoms with van der Waals surface area (Å²) in [7, 11) is 2.93. The molecule has 0 atom stereocenters. The third-order valence-electron chi connectivity index (χ3n) is 3.67. The van der Waals surface area contributed by atoms with Gasteiger partial charge in [-0.1, -0.05) is 18.2 Å². The van der Waals surface area contributed by atoms with Crippen molar-refractivity contribution in [2.75, 3.05) is 39.7 Å². The van der Waals surface area contributed by atoms with Crippen molar-refractivity contribution >= 4 is 23.4 Å². The Labute approximate surface area is 167 Å². The highest BCUT2D eigenvalue weighted by Crippen LogP contribution is 2.34. The van der Waals surface area contributed by atoms with E-state index in [2.05, 4.69) is 5.32 Å². The van der Waals surface area contributed by atoms with Gasteiger partial charge in [-0.15, -0.1) is 11.8 Å². The maximum atomic E-state index is 12.5. The molecule has 0 aliphatic heterocycles. The van der Waals surface area contributed by atoms with E-state index in [1.165, 1.54) is 26.4 Å². The van der Waals surface area contributed by atoms with Crippen LogP contribution in [0.2, 0.25) is 0 Å². The van der Waals surface area contributed by atoms with E-state index in [0.717, 1.165) is 4.90 Å². The van der Waals surface area contributed by atoms with E-state index >= 15 is 0 Å². The zero-order chi connectivity index (χ0) is 20.4. The highest BCUT2D eigenvalue weighted by Gasteiger charge is 2.24. The molecular weight excluding hydrogens is 384 g/mol. The number of nitro groups is 1. The van der Waals surface area contributed by atoms with Crippen molar-refractivity contribution in [3.63, 3.8) is 0 Å². The van der Waals surface area contributed by atoms with Crippen LogP contribution in [-0.2, 0) is 4.74 Å². The van der Waals surface area contributed by atoms with Crippen molar-refractivity contribution in [1.29, 1.82) is 0 Å². The van der Waals surface area contributed by atoms with Gasteiger partial charge in [0.1, 0.15) is 12.2 Å². The summed E-state index contributed by atoms with van der Waals surface area (Å²) < 4.78 is 15.6. The molecule has 28 heavy (non-hydrogen) atoms. The van der Waals surface area contributed by atoms with Crippen LogP contribution in [-0.4, -0.2) is 50.6 Å². The molecule has 0 saturated carbocycles. The molecule has 2 aromatic rings. The van der Waals surface area contributed by atoms with E-state index in [9.17, 15) is 14.9 Å². The number of nitrogens with one attached hydrogen (secondary N) is 1. The van der Waals surface area contributed by atoms with Crippen molar-refractivity contribution in [2.45, 2.75) is 4.90 Å². The van der Waals surface area contributed by atoms with Crippen LogP contribution in [0.4, 0.5) is 5.69 Å². The van der Waals surface area contributed by atoms with Crippen molar-refractivity contribution in [3.05, 3.63) is 58.1 Å². The lowest BCUT2D eigenvalue weighted by Crippen LogP contribution is -2.26. The third-order valence-corrected chi connectivity index (χ3v) is 4.68. The molecule has 0 bridgehead atoms. The van der Waals surface area contributed by atoms with Gasteiger partial charge in [-0.25, -0.2) is 0 Å². The van der Waals surface area contributed by atoms with Crippen LogP contribution in [0.1, 0.15) is 10.4 Å². The summed E-state index contributed by atoms with van der Waals surface area (Å²) in [5.74, 6) is 0.522. The summed E-state index contributed by atoms with van der Waals surface area (Å²) in [5, 5.41) is 14.1. The van der Waals surface area contributed by atoms with Gasteiger partial charge in [0.05, 0.1) is 24.7 Å². The fraction of sp³-hybridized carbons (Fsp3) is 0.316. The Bertz CT molecular complexity index is 801. The molecule has 0 unspecified atom stereocenters. The predicted octanol–water partition coefficient (Wildman–Crippen LogP) is 3.15. The van der Waals surface area contributed by atoms with Gasteiger partial charge in [0.2, 0.25) is 0 Å². The molecule has 0 radical (unpaired) electrons. The second-order valence-corrected chi connectivity index (χ2v) is 6.70. The minimum atomic E-state index is -0.615. The maximum Gasteiger partial charge on any atom is 0.286 e. The zero-order valence-electron chi connectivity index (χ0n) is 15.7. The van der Waals surface area contributed by atoms with E-state index in [-0.39, 0.29) is 29.4 Å². The summed E-state index contributed by atoms with van der Waals surface area (Å²) in [5.41, 5.74) is -0.424. The SMILES string of the molecule is COCCOc1cc([N+](=O)[O-])c(C(=O)NCCSc2ccccc2)cc1OC. The Morgan fingerprint density at radius 3 is 2.54 bits per heavy atom. The average molecular weight is 406 g/mol. The lowest BCUT2D eigenvalue weighted by molar-refractivity contribution is -0.385. The second kappa shape index (κ2) is 11.2. The Morgan fingerprint density at radius 1 is 1.14 bits per heavy atom. The van der Waals surface area contributed by atoms with Gasteiger partial charge < -0.3 is 19.5 Å². The Balaban J connectivity index is 2.06. The third kappa shape index (κ3) is 6.14. The van der Waals surface area contributed by atoms with Crippen LogP contribution in [0.25, 0.3) is 0 Å². The van der Waals surface area contributed by atoms with Gasteiger partial charge >= 0.3 is 0 Å². The standard InChI is InChI=1S/C19H22N2O6S/c1-25-9-10-27-18-13-16(21(23)24)15(12-17(18)26-2)19(22)20-8-11-28-14-6-4-3-5-7-14/h3-7,12-13H,8-11H2,1-2H3,(H,20,22). The molecule has 0 heterocycles. The molecule has 0 saturated heterocycles. The van der Waals surface area contributed by atoms with Crippen LogP contribution in [0, 0.1) is 10.1 Å². The summed E-state index contributed by atoms with van der Waals surface area (Å²) in [4.78, 5) is 24.4. The number of nitro benzene ring substituents is 1. The highest BCUT2D eigenvalue weighted by molar-refractivity contribution is 7.99. The molecule has 2 aromatic carbocycles. The van der Waals surface area contributed by atoms with Crippen molar-refractivity contribution < 1.29 is 23.9 Å². The first-order valence-corrected chi connectivity index (χ1v) is 9.49. The fourth-order valence-electron chi connectivity index (χ4n) is 2.33. The largest absolute Gasteiger partial charge is 0.493 e. The molecule has 150 valence electrons. The monoisotopic (exact) mass is 406 g/mol. The molecule has 1 amide bonds. The Morgan fingerprint density at radius 2 is 1.89 bits per heavy atom. The molecule has 0 aliphatic rings. The number of benzene rings is 2. The van der Waals surface area contributed by atoms with Crippen LogP contribution >= 0.6 is 11.8 Å². The molecule has 0 aliphatic carbocycles.